The van der Waals surface area contributed by atoms with Gasteiger partial charge in [-0.3, -0.25) is 9.59 Å². The molecule has 0 radical (unpaired) electrons. The van der Waals surface area contributed by atoms with Crippen molar-refractivity contribution >= 4 is 28.7 Å². The van der Waals surface area contributed by atoms with Gasteiger partial charge in [-0.25, -0.2) is 5.01 Å². The minimum absolute atomic E-state index is 0.230. The molecule has 1 atom stereocenters. The fourth-order valence-corrected chi connectivity index (χ4v) is 4.12. The largest absolute Gasteiger partial charge is 0.497 e. The number of hydrazone groups is 1. The molecule has 164 valence electrons. The maximum atomic E-state index is 12.1. The minimum atomic E-state index is -0.437. The quantitative estimate of drug-likeness (QED) is 0.659. The van der Waals surface area contributed by atoms with Gasteiger partial charge in [0.1, 0.15) is 35.8 Å². The molecule has 0 saturated heterocycles. The van der Waals surface area contributed by atoms with E-state index in [-0.39, 0.29) is 11.8 Å². The number of amides is 2. The molecule has 2 aromatic rings. The zero-order chi connectivity index (χ0) is 22.4. The lowest BCUT2D eigenvalue weighted by Gasteiger charge is -2.22. The highest BCUT2D eigenvalue weighted by Crippen LogP contribution is 2.42. The smallest absolute Gasteiger partial charge is 0.241 e. The molecule has 9 heteroatoms. The molecule has 0 bridgehead atoms. The Morgan fingerprint density at radius 3 is 2.55 bits per heavy atom. The standard InChI is InChI=1S/C22H25N3O5S/c1-14-8-9-20(30-11-10-29-18-7-5-6-17(13-18)28-4)19(12-14)21-25(16(3)27)24-22(31-21)23-15(2)26/h5-9,12-13,21H,10-11H2,1-4H3,(H,23,24,26)/t21-/m1/s1. The van der Waals surface area contributed by atoms with Crippen molar-refractivity contribution in [3.8, 4) is 17.2 Å². The average molecular weight is 444 g/mol. The molecule has 0 aliphatic carbocycles. The molecule has 1 aliphatic rings. The third-order valence-electron chi connectivity index (χ3n) is 4.33. The van der Waals surface area contributed by atoms with Crippen molar-refractivity contribution in [3.05, 3.63) is 53.6 Å². The van der Waals surface area contributed by atoms with Crippen LogP contribution in [0, 0.1) is 6.92 Å². The molecule has 1 heterocycles. The molecule has 3 rings (SSSR count). The number of rotatable bonds is 7. The SMILES string of the molecule is COc1cccc(OCCOc2ccc(C)cc2[C@H]2SC(NC(C)=O)=NN2C(C)=O)c1. The van der Waals surface area contributed by atoms with Crippen molar-refractivity contribution in [2.75, 3.05) is 20.3 Å². The summed E-state index contributed by atoms with van der Waals surface area (Å²) in [7, 11) is 1.60. The van der Waals surface area contributed by atoms with Gasteiger partial charge in [0.05, 0.1) is 7.11 Å². The van der Waals surface area contributed by atoms with Crippen LogP contribution in [0.4, 0.5) is 0 Å². The van der Waals surface area contributed by atoms with Crippen LogP contribution < -0.4 is 19.5 Å². The second-order valence-electron chi connectivity index (χ2n) is 6.84. The summed E-state index contributed by atoms with van der Waals surface area (Å²) in [5.41, 5.74) is 1.82. The van der Waals surface area contributed by atoms with E-state index in [2.05, 4.69) is 10.4 Å². The molecule has 0 unspecified atom stereocenters. The molecular formula is C22H25N3O5S. The van der Waals surface area contributed by atoms with Crippen LogP contribution in [0.5, 0.6) is 17.2 Å². The Hall–Kier alpha value is -3.20. The van der Waals surface area contributed by atoms with E-state index in [1.807, 2.05) is 43.3 Å². The molecular weight excluding hydrogens is 418 g/mol. The van der Waals surface area contributed by atoms with E-state index in [0.717, 1.165) is 16.9 Å². The van der Waals surface area contributed by atoms with Crippen molar-refractivity contribution in [3.63, 3.8) is 0 Å². The van der Waals surface area contributed by atoms with Crippen LogP contribution in [0.3, 0.4) is 0 Å². The van der Waals surface area contributed by atoms with Crippen LogP contribution in [0.25, 0.3) is 0 Å². The minimum Gasteiger partial charge on any atom is -0.497 e. The summed E-state index contributed by atoms with van der Waals surface area (Å²) in [4.78, 5) is 23.6. The molecule has 2 amide bonds. The summed E-state index contributed by atoms with van der Waals surface area (Å²) < 4.78 is 16.9. The number of nitrogens with zero attached hydrogens (tertiary/aromatic N) is 2. The van der Waals surface area contributed by atoms with Crippen LogP contribution in [0.15, 0.2) is 47.6 Å². The van der Waals surface area contributed by atoms with Gasteiger partial charge in [0.25, 0.3) is 0 Å². The Kier molecular flexibility index (Phi) is 7.41. The van der Waals surface area contributed by atoms with Gasteiger partial charge in [0, 0.05) is 25.5 Å². The zero-order valence-corrected chi connectivity index (χ0v) is 18.7. The maximum Gasteiger partial charge on any atom is 0.241 e. The number of nitrogens with one attached hydrogen (secondary N) is 1. The Morgan fingerprint density at radius 1 is 1.10 bits per heavy atom. The Bertz CT molecular complexity index is 995. The lowest BCUT2D eigenvalue weighted by atomic mass is 10.1. The van der Waals surface area contributed by atoms with Gasteiger partial charge in [-0.1, -0.05) is 29.5 Å². The van der Waals surface area contributed by atoms with Gasteiger partial charge in [-0.2, -0.15) is 0 Å². The summed E-state index contributed by atoms with van der Waals surface area (Å²) in [6.07, 6.45) is 0. The Labute approximate surface area is 185 Å². The zero-order valence-electron chi connectivity index (χ0n) is 17.9. The summed E-state index contributed by atoms with van der Waals surface area (Å²) in [6, 6.07) is 13.1. The first kappa shape index (κ1) is 22.5. The Morgan fingerprint density at radius 2 is 1.84 bits per heavy atom. The van der Waals surface area contributed by atoms with Crippen molar-refractivity contribution < 1.29 is 23.8 Å². The summed E-state index contributed by atoms with van der Waals surface area (Å²) in [5, 5.41) is 8.19. The van der Waals surface area contributed by atoms with Gasteiger partial charge in [-0.15, -0.1) is 5.10 Å². The second-order valence-corrected chi connectivity index (χ2v) is 7.91. The van der Waals surface area contributed by atoms with Crippen LogP contribution >= 0.6 is 11.8 Å². The van der Waals surface area contributed by atoms with Gasteiger partial charge in [0.15, 0.2) is 5.17 Å². The van der Waals surface area contributed by atoms with Crippen molar-refractivity contribution in [1.82, 2.24) is 10.3 Å². The molecule has 31 heavy (non-hydrogen) atoms. The van der Waals surface area contributed by atoms with Crippen LogP contribution in [0.1, 0.15) is 30.3 Å². The number of aryl methyl sites for hydroxylation is 1. The Balaban J connectivity index is 1.70. The molecule has 0 saturated carbocycles. The van der Waals surface area contributed by atoms with E-state index in [4.69, 9.17) is 14.2 Å². The molecule has 1 aliphatic heterocycles. The van der Waals surface area contributed by atoms with Gasteiger partial charge < -0.3 is 19.5 Å². The summed E-state index contributed by atoms with van der Waals surface area (Å²) in [6.45, 7) is 5.45. The van der Waals surface area contributed by atoms with E-state index >= 15 is 0 Å². The second kappa shape index (κ2) is 10.2. The maximum absolute atomic E-state index is 12.1. The third kappa shape index (κ3) is 5.91. The van der Waals surface area contributed by atoms with E-state index in [0.29, 0.717) is 29.9 Å². The normalized spacial score (nSPS) is 15.3. The molecule has 8 nitrogen and oxygen atoms in total. The number of benzene rings is 2. The third-order valence-corrected chi connectivity index (χ3v) is 5.42. The van der Waals surface area contributed by atoms with Gasteiger partial charge >= 0.3 is 0 Å². The number of hydrogen-bond acceptors (Lipinski definition) is 7. The van der Waals surface area contributed by atoms with Gasteiger partial charge in [0.2, 0.25) is 11.8 Å². The van der Waals surface area contributed by atoms with E-state index < -0.39 is 5.37 Å². The highest BCUT2D eigenvalue weighted by Gasteiger charge is 2.34. The molecule has 0 spiro atoms. The average Bonchev–Trinajstić information content (AvgIpc) is 3.15. The number of amidine groups is 1. The van der Waals surface area contributed by atoms with E-state index in [1.165, 1.54) is 30.6 Å². The van der Waals surface area contributed by atoms with E-state index in [1.54, 1.807) is 13.2 Å². The number of carbonyl (C=O) groups is 2. The van der Waals surface area contributed by atoms with Crippen LogP contribution in [0.2, 0.25) is 0 Å². The first-order valence-corrected chi connectivity index (χ1v) is 10.6. The fourth-order valence-electron chi connectivity index (χ4n) is 2.96. The first-order valence-electron chi connectivity index (χ1n) is 9.70. The fraction of sp³-hybridized carbons (Fsp3) is 0.318. The van der Waals surface area contributed by atoms with E-state index in [9.17, 15) is 9.59 Å². The molecule has 1 N–H and O–H groups in total. The predicted molar refractivity (Wildman–Crippen MR) is 119 cm³/mol. The first-order chi connectivity index (χ1) is 14.9. The lowest BCUT2D eigenvalue weighted by molar-refractivity contribution is -0.129. The van der Waals surface area contributed by atoms with Crippen molar-refractivity contribution in [2.24, 2.45) is 5.10 Å². The molecule has 0 aromatic heterocycles. The van der Waals surface area contributed by atoms with Gasteiger partial charge in [-0.05, 0) is 31.2 Å². The molecule has 0 fully saturated rings. The summed E-state index contributed by atoms with van der Waals surface area (Å²) >= 11 is 1.29. The number of hydrogen-bond donors (Lipinski definition) is 1. The number of ether oxygens (including phenoxy) is 3. The highest BCUT2D eigenvalue weighted by atomic mass is 32.2. The predicted octanol–water partition coefficient (Wildman–Crippen LogP) is 3.46. The monoisotopic (exact) mass is 443 g/mol. The lowest BCUT2D eigenvalue weighted by Crippen LogP contribution is -2.25. The highest BCUT2D eigenvalue weighted by molar-refractivity contribution is 8.14. The van der Waals surface area contributed by atoms with Crippen molar-refractivity contribution in [1.29, 1.82) is 0 Å². The summed E-state index contributed by atoms with van der Waals surface area (Å²) in [5.74, 6) is 1.56. The van der Waals surface area contributed by atoms with Crippen LogP contribution in [-0.4, -0.2) is 42.3 Å². The number of thioether (sulfide) groups is 1. The van der Waals surface area contributed by atoms with Crippen LogP contribution in [-0.2, 0) is 9.59 Å². The molecule has 2 aromatic carbocycles. The number of carbonyl (C=O) groups excluding carboxylic acids is 2. The topological polar surface area (TPSA) is 89.5 Å². The number of methoxy groups -OCH3 is 1. The van der Waals surface area contributed by atoms with Crippen molar-refractivity contribution in [2.45, 2.75) is 26.1 Å².